The fourth-order valence-electron chi connectivity index (χ4n) is 2.38. The van der Waals surface area contributed by atoms with E-state index >= 15 is 0 Å². The van der Waals surface area contributed by atoms with Crippen molar-refractivity contribution in [3.8, 4) is 9.88 Å². The van der Waals surface area contributed by atoms with Gasteiger partial charge in [0.25, 0.3) is 5.91 Å². The predicted molar refractivity (Wildman–Crippen MR) is 97.9 cm³/mol. The number of piperazine rings is 1. The minimum Gasteiger partial charge on any atom is -0.332 e. The van der Waals surface area contributed by atoms with E-state index in [9.17, 15) is 4.79 Å². The smallest absolute Gasteiger partial charge is 0.273 e. The molecule has 2 aromatic heterocycles. The first-order valence-corrected chi connectivity index (χ1v) is 8.46. The summed E-state index contributed by atoms with van der Waals surface area (Å²) in [4.78, 5) is 20.1. The summed E-state index contributed by atoms with van der Waals surface area (Å²) in [6, 6.07) is 4.56. The SMILES string of the molecule is CC1NCCN(C(=O)c2csc(-c3cccs3)n2)C1C.Cl.Cl. The van der Waals surface area contributed by atoms with E-state index < -0.39 is 0 Å². The third kappa shape index (κ3) is 3.81. The Morgan fingerprint density at radius 1 is 1.36 bits per heavy atom. The number of nitrogens with zero attached hydrogens (tertiary/aromatic N) is 2. The first-order chi connectivity index (χ1) is 9.66. The van der Waals surface area contributed by atoms with Crippen molar-refractivity contribution in [2.75, 3.05) is 13.1 Å². The summed E-state index contributed by atoms with van der Waals surface area (Å²) in [6.07, 6.45) is 0. The Labute approximate surface area is 150 Å². The summed E-state index contributed by atoms with van der Waals surface area (Å²) < 4.78 is 0. The van der Waals surface area contributed by atoms with Crippen LogP contribution < -0.4 is 5.32 Å². The number of amides is 1. The van der Waals surface area contributed by atoms with Gasteiger partial charge >= 0.3 is 0 Å². The standard InChI is InChI=1S/C14H17N3OS2.2ClH/c1-9-10(2)17(6-5-15-9)14(18)11-8-20-13(16-11)12-4-3-7-19-12;;/h3-4,7-10,15H,5-6H2,1-2H3;2*1H. The quantitative estimate of drug-likeness (QED) is 0.867. The second-order valence-electron chi connectivity index (χ2n) is 5.00. The van der Waals surface area contributed by atoms with Crippen LogP contribution in [0.2, 0.25) is 0 Å². The number of carbonyl (C=O) groups excluding carboxylic acids is 1. The van der Waals surface area contributed by atoms with Gasteiger partial charge in [-0.05, 0) is 25.3 Å². The third-order valence-corrected chi connectivity index (χ3v) is 5.63. The number of carbonyl (C=O) groups is 1. The van der Waals surface area contributed by atoms with Gasteiger partial charge in [-0.15, -0.1) is 47.5 Å². The highest BCUT2D eigenvalue weighted by Crippen LogP contribution is 2.28. The molecule has 2 atom stereocenters. The molecule has 1 fully saturated rings. The molecule has 8 heteroatoms. The van der Waals surface area contributed by atoms with Crippen LogP contribution in [-0.2, 0) is 0 Å². The molecular weight excluding hydrogens is 361 g/mol. The Balaban J connectivity index is 0.00000121. The van der Waals surface area contributed by atoms with Crippen LogP contribution in [0.3, 0.4) is 0 Å². The molecule has 0 aliphatic carbocycles. The van der Waals surface area contributed by atoms with Crippen LogP contribution in [0.15, 0.2) is 22.9 Å². The molecule has 1 N–H and O–H groups in total. The van der Waals surface area contributed by atoms with Crippen LogP contribution in [0.25, 0.3) is 9.88 Å². The molecular formula is C14H19Cl2N3OS2. The molecule has 2 aromatic rings. The maximum absolute atomic E-state index is 12.6. The molecule has 1 amide bonds. The lowest BCUT2D eigenvalue weighted by atomic mass is 10.1. The Morgan fingerprint density at radius 3 is 2.82 bits per heavy atom. The molecule has 0 saturated carbocycles. The topological polar surface area (TPSA) is 45.2 Å². The fraction of sp³-hybridized carbons (Fsp3) is 0.429. The van der Waals surface area contributed by atoms with Crippen LogP contribution in [-0.4, -0.2) is 41.0 Å². The predicted octanol–water partition coefficient (Wildman–Crippen LogP) is 3.54. The van der Waals surface area contributed by atoms with Crippen molar-refractivity contribution in [1.82, 2.24) is 15.2 Å². The zero-order valence-corrected chi connectivity index (χ0v) is 15.6. The number of rotatable bonds is 2. The van der Waals surface area contributed by atoms with E-state index in [0.717, 1.165) is 23.0 Å². The van der Waals surface area contributed by atoms with Gasteiger partial charge in [-0.2, -0.15) is 0 Å². The maximum Gasteiger partial charge on any atom is 0.273 e. The molecule has 1 aliphatic heterocycles. The van der Waals surface area contributed by atoms with Crippen molar-refractivity contribution in [3.63, 3.8) is 0 Å². The molecule has 3 rings (SSSR count). The highest BCUT2D eigenvalue weighted by molar-refractivity contribution is 7.20. The van der Waals surface area contributed by atoms with E-state index in [-0.39, 0.29) is 36.8 Å². The zero-order valence-electron chi connectivity index (χ0n) is 12.3. The second kappa shape index (κ2) is 8.26. The normalized spacial score (nSPS) is 20.9. The summed E-state index contributed by atoms with van der Waals surface area (Å²) in [6.45, 7) is 5.79. The molecule has 0 spiro atoms. The lowest BCUT2D eigenvalue weighted by Crippen LogP contribution is -2.57. The molecule has 1 aliphatic rings. The Kier molecular flexibility index (Phi) is 7.28. The zero-order chi connectivity index (χ0) is 14.1. The molecule has 3 heterocycles. The van der Waals surface area contributed by atoms with E-state index in [1.54, 1.807) is 11.3 Å². The van der Waals surface area contributed by atoms with Gasteiger partial charge in [0.2, 0.25) is 0 Å². The van der Waals surface area contributed by atoms with E-state index in [2.05, 4.69) is 24.1 Å². The number of hydrogen-bond acceptors (Lipinski definition) is 5. The molecule has 122 valence electrons. The Morgan fingerprint density at radius 2 is 2.14 bits per heavy atom. The van der Waals surface area contributed by atoms with E-state index in [0.29, 0.717) is 11.7 Å². The van der Waals surface area contributed by atoms with Gasteiger partial charge in [0.05, 0.1) is 4.88 Å². The number of thiazole rings is 1. The lowest BCUT2D eigenvalue weighted by Gasteiger charge is -2.38. The molecule has 2 unspecified atom stereocenters. The van der Waals surface area contributed by atoms with Gasteiger partial charge in [-0.3, -0.25) is 4.79 Å². The Hall–Kier alpha value is -0.660. The first kappa shape index (κ1) is 19.4. The van der Waals surface area contributed by atoms with Crippen molar-refractivity contribution >= 4 is 53.4 Å². The summed E-state index contributed by atoms with van der Waals surface area (Å²) in [5.41, 5.74) is 0.569. The number of hydrogen-bond donors (Lipinski definition) is 1. The molecule has 0 radical (unpaired) electrons. The highest BCUT2D eigenvalue weighted by Gasteiger charge is 2.29. The minimum atomic E-state index is 0. The average Bonchev–Trinajstić information content (AvgIpc) is 3.11. The summed E-state index contributed by atoms with van der Waals surface area (Å²) in [5.74, 6) is 0.0462. The molecule has 0 aromatic carbocycles. The number of aromatic nitrogens is 1. The van der Waals surface area contributed by atoms with Gasteiger partial charge in [-0.25, -0.2) is 4.98 Å². The highest BCUT2D eigenvalue weighted by atomic mass is 35.5. The van der Waals surface area contributed by atoms with Crippen molar-refractivity contribution in [2.24, 2.45) is 0 Å². The van der Waals surface area contributed by atoms with Gasteiger partial charge in [0.15, 0.2) is 0 Å². The number of halogens is 2. The molecule has 0 bridgehead atoms. The van der Waals surface area contributed by atoms with Gasteiger partial charge in [-0.1, -0.05) is 6.07 Å². The van der Waals surface area contributed by atoms with Crippen molar-refractivity contribution in [3.05, 3.63) is 28.6 Å². The van der Waals surface area contributed by atoms with Crippen LogP contribution in [0, 0.1) is 0 Å². The van der Waals surface area contributed by atoms with E-state index in [1.165, 1.54) is 11.3 Å². The van der Waals surface area contributed by atoms with E-state index in [4.69, 9.17) is 0 Å². The van der Waals surface area contributed by atoms with Crippen LogP contribution in [0.1, 0.15) is 24.3 Å². The molecule has 4 nitrogen and oxygen atoms in total. The van der Waals surface area contributed by atoms with Crippen LogP contribution in [0.4, 0.5) is 0 Å². The van der Waals surface area contributed by atoms with Gasteiger partial charge in [0.1, 0.15) is 10.7 Å². The number of nitrogens with one attached hydrogen (secondary N) is 1. The number of thiophene rings is 1. The van der Waals surface area contributed by atoms with Crippen molar-refractivity contribution in [1.29, 1.82) is 0 Å². The van der Waals surface area contributed by atoms with Crippen LogP contribution >= 0.6 is 47.5 Å². The fourth-order valence-corrected chi connectivity index (χ4v) is 3.98. The van der Waals surface area contributed by atoms with E-state index in [1.807, 2.05) is 27.8 Å². The summed E-state index contributed by atoms with van der Waals surface area (Å²) in [5, 5.41) is 8.21. The lowest BCUT2D eigenvalue weighted by molar-refractivity contribution is 0.0598. The third-order valence-electron chi connectivity index (χ3n) is 3.75. The monoisotopic (exact) mass is 379 g/mol. The Bertz CT molecular complexity index is 603. The molecule has 1 saturated heterocycles. The maximum atomic E-state index is 12.6. The van der Waals surface area contributed by atoms with Crippen molar-refractivity contribution in [2.45, 2.75) is 25.9 Å². The summed E-state index contributed by atoms with van der Waals surface area (Å²) >= 11 is 3.19. The van der Waals surface area contributed by atoms with Crippen LogP contribution in [0.5, 0.6) is 0 Å². The largest absolute Gasteiger partial charge is 0.332 e. The summed E-state index contributed by atoms with van der Waals surface area (Å²) in [7, 11) is 0. The van der Waals surface area contributed by atoms with Crippen molar-refractivity contribution < 1.29 is 4.79 Å². The van der Waals surface area contributed by atoms with Gasteiger partial charge < -0.3 is 10.2 Å². The first-order valence-electron chi connectivity index (χ1n) is 6.70. The average molecular weight is 380 g/mol. The van der Waals surface area contributed by atoms with Gasteiger partial charge in [0, 0.05) is 30.6 Å². The molecule has 22 heavy (non-hydrogen) atoms. The minimum absolute atomic E-state index is 0. The second-order valence-corrected chi connectivity index (χ2v) is 6.80.